The minimum atomic E-state index is -1.24. The lowest BCUT2D eigenvalue weighted by Crippen LogP contribution is -2.55. The van der Waals surface area contributed by atoms with Gasteiger partial charge in [-0.1, -0.05) is 6.08 Å². The number of allylic oxidation sites excluding steroid dienone is 2. The molecule has 0 bridgehead atoms. The minimum Gasteiger partial charge on any atom is -0.486 e. The Kier molecular flexibility index (Phi) is 12.5. The van der Waals surface area contributed by atoms with Crippen LogP contribution in [0.2, 0.25) is 0 Å². The zero-order chi connectivity index (χ0) is 23.2. The fourth-order valence-corrected chi connectivity index (χ4v) is 2.88. The molecule has 1 atom stereocenters. The Morgan fingerprint density at radius 2 is 2.06 bits per heavy atom. The van der Waals surface area contributed by atoms with Crippen molar-refractivity contribution in [3.63, 3.8) is 0 Å². The highest BCUT2D eigenvalue weighted by Crippen LogP contribution is 2.20. The summed E-state index contributed by atoms with van der Waals surface area (Å²) in [7, 11) is -0.633. The summed E-state index contributed by atoms with van der Waals surface area (Å²) in [5.74, 6) is -1.46. The van der Waals surface area contributed by atoms with Gasteiger partial charge in [0.1, 0.15) is 17.4 Å². The highest BCUT2D eigenvalue weighted by molar-refractivity contribution is 6.16. The Hall–Kier alpha value is -2.41. The number of amides is 2. The quantitative estimate of drug-likeness (QED) is 0.0660. The van der Waals surface area contributed by atoms with Crippen molar-refractivity contribution in [3.8, 4) is 0 Å². The molecule has 11 nitrogen and oxygen atoms in total. The van der Waals surface area contributed by atoms with Gasteiger partial charge in [-0.15, -0.1) is 0 Å². The highest BCUT2D eigenvalue weighted by Gasteiger charge is 2.33. The number of carboxylic acid groups (broad SMARTS) is 1. The van der Waals surface area contributed by atoms with Gasteiger partial charge < -0.3 is 40.6 Å². The van der Waals surface area contributed by atoms with Crippen LogP contribution in [0.4, 0.5) is 0 Å². The molecular formula is C19H32BN3O8. The number of hydrogen-bond acceptors (Lipinski definition) is 8. The number of nitrogens with one attached hydrogen (secondary N) is 1. The van der Waals surface area contributed by atoms with Gasteiger partial charge in [-0.2, -0.15) is 0 Å². The molecule has 0 aromatic carbocycles. The van der Waals surface area contributed by atoms with E-state index in [1.54, 1.807) is 11.0 Å². The first-order valence-electron chi connectivity index (χ1n) is 10.2. The zero-order valence-corrected chi connectivity index (χ0v) is 17.8. The second-order valence-electron chi connectivity index (χ2n) is 7.10. The molecular weight excluding hydrogens is 409 g/mol. The normalized spacial score (nSPS) is 15.8. The average molecular weight is 441 g/mol. The van der Waals surface area contributed by atoms with Gasteiger partial charge in [0, 0.05) is 32.5 Å². The molecule has 0 saturated carbocycles. The van der Waals surface area contributed by atoms with Gasteiger partial charge in [0.2, 0.25) is 11.8 Å². The van der Waals surface area contributed by atoms with E-state index in [9.17, 15) is 19.5 Å². The SMILES string of the molecule is CC(=O)N[C@H](CN)CCC(=O)N1CC(OC(/C=C\CCCO)=C(/COBO)C(=O)O)C1. The predicted molar refractivity (Wildman–Crippen MR) is 113 cm³/mol. The van der Waals surface area contributed by atoms with Crippen LogP contribution in [0.1, 0.15) is 32.6 Å². The van der Waals surface area contributed by atoms with E-state index in [-0.39, 0.29) is 61.5 Å². The van der Waals surface area contributed by atoms with Crippen LogP contribution in [0.15, 0.2) is 23.5 Å². The Bertz CT molecular complexity index is 665. The summed E-state index contributed by atoms with van der Waals surface area (Å²) in [6, 6.07) is -0.266. The summed E-state index contributed by atoms with van der Waals surface area (Å²) in [4.78, 5) is 36.6. The van der Waals surface area contributed by atoms with Gasteiger partial charge in [-0.25, -0.2) is 4.79 Å². The molecule has 0 spiro atoms. The number of carbonyl (C=O) groups is 3. The molecule has 6 N–H and O–H groups in total. The molecule has 0 radical (unpaired) electrons. The Labute approximate surface area is 182 Å². The van der Waals surface area contributed by atoms with Gasteiger partial charge in [-0.3, -0.25) is 9.59 Å². The predicted octanol–water partition coefficient (Wildman–Crippen LogP) is -1.60. The fourth-order valence-electron chi connectivity index (χ4n) is 2.88. The first kappa shape index (κ1) is 26.6. The second kappa shape index (κ2) is 14.6. The van der Waals surface area contributed by atoms with Gasteiger partial charge in [0.05, 0.1) is 19.7 Å². The number of aliphatic hydroxyl groups is 1. The van der Waals surface area contributed by atoms with E-state index in [0.717, 1.165) is 0 Å². The molecule has 1 rings (SSSR count). The number of nitrogens with two attached hydrogens (primary N) is 1. The summed E-state index contributed by atoms with van der Waals surface area (Å²) in [6.45, 7) is 1.90. The summed E-state index contributed by atoms with van der Waals surface area (Å²) >= 11 is 0. The van der Waals surface area contributed by atoms with Crippen LogP contribution in [0.5, 0.6) is 0 Å². The number of nitrogens with zero attached hydrogens (tertiary/aromatic N) is 1. The number of aliphatic hydroxyl groups excluding tert-OH is 1. The van der Waals surface area contributed by atoms with Crippen LogP contribution in [0.3, 0.4) is 0 Å². The van der Waals surface area contributed by atoms with E-state index in [0.29, 0.717) is 32.4 Å². The molecule has 2 amide bonds. The highest BCUT2D eigenvalue weighted by atomic mass is 16.5. The molecule has 1 fully saturated rings. The maximum Gasteiger partial charge on any atom is 0.435 e. The number of rotatable bonds is 15. The maximum absolute atomic E-state index is 12.3. The van der Waals surface area contributed by atoms with Gasteiger partial charge in [-0.05, 0) is 25.3 Å². The van der Waals surface area contributed by atoms with E-state index in [2.05, 4.69) is 5.32 Å². The van der Waals surface area contributed by atoms with Crippen LogP contribution < -0.4 is 11.1 Å². The molecule has 0 unspecified atom stereocenters. The lowest BCUT2D eigenvalue weighted by atomic mass is 10.1. The van der Waals surface area contributed by atoms with Crippen molar-refractivity contribution in [2.75, 3.05) is 32.8 Å². The van der Waals surface area contributed by atoms with Crippen molar-refractivity contribution in [2.24, 2.45) is 5.73 Å². The van der Waals surface area contributed by atoms with Crippen molar-refractivity contribution in [1.29, 1.82) is 0 Å². The summed E-state index contributed by atoms with van der Waals surface area (Å²) in [5.41, 5.74) is 5.44. The number of unbranched alkanes of at least 4 members (excludes halogenated alkanes) is 1. The molecule has 1 aliphatic heterocycles. The molecule has 1 heterocycles. The smallest absolute Gasteiger partial charge is 0.435 e. The second-order valence-corrected chi connectivity index (χ2v) is 7.10. The van der Waals surface area contributed by atoms with E-state index < -0.39 is 13.7 Å². The zero-order valence-electron chi connectivity index (χ0n) is 17.8. The summed E-state index contributed by atoms with van der Waals surface area (Å²) < 4.78 is 10.6. The van der Waals surface area contributed by atoms with Gasteiger partial charge in [0.25, 0.3) is 0 Å². The van der Waals surface area contributed by atoms with Gasteiger partial charge in [0.15, 0.2) is 0 Å². The van der Waals surface area contributed by atoms with Crippen LogP contribution in [0.25, 0.3) is 0 Å². The number of carboxylic acids is 1. The standard InChI is InChI=1S/C19H32BN3O8/c1-13(25)22-14(9-21)6-7-18(26)23-10-15(11-23)31-17(5-3-2-4-8-24)16(19(27)28)12-30-20-29/h3,5,14-15,20,24,29H,2,4,6-12,21H2,1H3,(H,22,25)(H,27,28)/b5-3-,17-16-/t14-/m0/s1. The van der Waals surface area contributed by atoms with Crippen LogP contribution in [-0.2, 0) is 23.8 Å². The molecule has 12 heteroatoms. The molecule has 174 valence electrons. The molecule has 0 aliphatic carbocycles. The lowest BCUT2D eigenvalue weighted by Gasteiger charge is -2.39. The van der Waals surface area contributed by atoms with Gasteiger partial charge >= 0.3 is 13.7 Å². The number of carbonyl (C=O) groups excluding carboxylic acids is 2. The van der Waals surface area contributed by atoms with Crippen LogP contribution >= 0.6 is 0 Å². The first-order valence-corrected chi connectivity index (χ1v) is 10.2. The van der Waals surface area contributed by atoms with E-state index in [4.69, 9.17) is 25.3 Å². The van der Waals surface area contributed by atoms with Crippen molar-refractivity contribution in [1.82, 2.24) is 10.2 Å². The van der Waals surface area contributed by atoms with E-state index >= 15 is 0 Å². The van der Waals surface area contributed by atoms with Crippen LogP contribution in [-0.4, -0.2) is 90.6 Å². The first-order chi connectivity index (χ1) is 14.8. The average Bonchev–Trinajstić information content (AvgIpc) is 2.69. The fraction of sp³-hybridized carbons (Fsp3) is 0.632. The largest absolute Gasteiger partial charge is 0.486 e. The number of likely N-dealkylation sites (tertiary alicyclic amines) is 1. The summed E-state index contributed by atoms with van der Waals surface area (Å²) in [5, 5.41) is 29.8. The molecule has 1 aliphatic rings. The monoisotopic (exact) mass is 441 g/mol. The molecule has 0 aromatic rings. The van der Waals surface area contributed by atoms with Crippen molar-refractivity contribution in [2.45, 2.75) is 44.8 Å². The van der Waals surface area contributed by atoms with Crippen molar-refractivity contribution >= 4 is 25.5 Å². The van der Waals surface area contributed by atoms with E-state index in [1.807, 2.05) is 0 Å². The molecule has 1 saturated heterocycles. The Morgan fingerprint density at radius 1 is 1.35 bits per heavy atom. The Morgan fingerprint density at radius 3 is 2.61 bits per heavy atom. The minimum absolute atomic E-state index is 0.0102. The topological polar surface area (TPSA) is 172 Å². The van der Waals surface area contributed by atoms with Crippen molar-refractivity contribution < 1.29 is 39.0 Å². The maximum atomic E-state index is 12.3. The number of aliphatic carboxylic acids is 1. The Balaban J connectivity index is 2.66. The molecule has 0 aromatic heterocycles. The summed E-state index contributed by atoms with van der Waals surface area (Å²) in [6.07, 6.45) is 4.51. The molecule has 31 heavy (non-hydrogen) atoms. The number of hydrogen-bond donors (Lipinski definition) is 5. The van der Waals surface area contributed by atoms with E-state index in [1.165, 1.54) is 13.0 Å². The van der Waals surface area contributed by atoms with Crippen LogP contribution in [0, 0.1) is 0 Å². The lowest BCUT2D eigenvalue weighted by molar-refractivity contribution is -0.143. The third-order valence-electron chi connectivity index (χ3n) is 4.58. The number of ether oxygens (including phenoxy) is 1. The van der Waals surface area contributed by atoms with Crippen molar-refractivity contribution in [3.05, 3.63) is 23.5 Å². The third-order valence-corrected chi connectivity index (χ3v) is 4.58. The third kappa shape index (κ3) is 9.96.